The molecular weight excluding hydrogens is 240 g/mol. The SMILES string of the molecule is CC1(C)NC(=O)c2cc(NC=C(C#N)C#N)ccc21. The number of rotatable bonds is 2. The fourth-order valence-electron chi connectivity index (χ4n) is 2.03. The molecule has 2 N–H and O–H groups in total. The number of nitrogens with zero attached hydrogens (tertiary/aromatic N) is 2. The third-order valence-corrected chi connectivity index (χ3v) is 2.99. The van der Waals surface area contributed by atoms with Gasteiger partial charge < -0.3 is 10.6 Å². The van der Waals surface area contributed by atoms with Crippen LogP contribution in [0.5, 0.6) is 0 Å². The van der Waals surface area contributed by atoms with Gasteiger partial charge in [0.05, 0.1) is 5.54 Å². The van der Waals surface area contributed by atoms with Gasteiger partial charge in [-0.25, -0.2) is 0 Å². The third kappa shape index (κ3) is 2.27. The number of carbonyl (C=O) groups is 1. The number of allylic oxidation sites excluding steroid dienone is 1. The molecule has 0 radical (unpaired) electrons. The molecular formula is C14H12N4O. The maximum absolute atomic E-state index is 11.8. The minimum absolute atomic E-state index is 0.0229. The van der Waals surface area contributed by atoms with Crippen LogP contribution in [0.1, 0.15) is 29.8 Å². The molecule has 0 unspecified atom stereocenters. The molecule has 0 fully saturated rings. The van der Waals surface area contributed by atoms with Gasteiger partial charge in [-0.2, -0.15) is 10.5 Å². The van der Waals surface area contributed by atoms with Gasteiger partial charge in [0, 0.05) is 17.5 Å². The zero-order valence-electron chi connectivity index (χ0n) is 10.6. The largest absolute Gasteiger partial charge is 0.360 e. The zero-order valence-corrected chi connectivity index (χ0v) is 10.6. The van der Waals surface area contributed by atoms with Crippen molar-refractivity contribution in [2.45, 2.75) is 19.4 Å². The molecule has 1 aliphatic heterocycles. The van der Waals surface area contributed by atoms with E-state index >= 15 is 0 Å². The smallest absolute Gasteiger partial charge is 0.252 e. The molecule has 1 aliphatic rings. The summed E-state index contributed by atoms with van der Waals surface area (Å²) in [4.78, 5) is 11.8. The third-order valence-electron chi connectivity index (χ3n) is 2.99. The molecule has 1 aromatic rings. The second-order valence-corrected chi connectivity index (χ2v) is 4.77. The highest BCUT2D eigenvalue weighted by atomic mass is 16.2. The Bertz CT molecular complexity index is 643. The van der Waals surface area contributed by atoms with E-state index in [0.717, 1.165) is 5.56 Å². The van der Waals surface area contributed by atoms with Gasteiger partial charge in [0.2, 0.25) is 0 Å². The number of amides is 1. The van der Waals surface area contributed by atoms with Crippen molar-refractivity contribution < 1.29 is 4.79 Å². The first-order valence-corrected chi connectivity index (χ1v) is 5.72. The van der Waals surface area contributed by atoms with Gasteiger partial charge in [0.1, 0.15) is 17.7 Å². The van der Waals surface area contributed by atoms with E-state index < -0.39 is 0 Å². The van der Waals surface area contributed by atoms with Crippen LogP contribution in [0.3, 0.4) is 0 Å². The summed E-state index contributed by atoms with van der Waals surface area (Å²) in [6.45, 7) is 3.88. The Balaban J connectivity index is 2.32. The molecule has 19 heavy (non-hydrogen) atoms. The Morgan fingerprint density at radius 2 is 2.05 bits per heavy atom. The van der Waals surface area contributed by atoms with Crippen molar-refractivity contribution in [3.05, 3.63) is 41.1 Å². The predicted molar refractivity (Wildman–Crippen MR) is 69.9 cm³/mol. The summed E-state index contributed by atoms with van der Waals surface area (Å²) in [6, 6.07) is 8.89. The van der Waals surface area contributed by atoms with Crippen molar-refractivity contribution in [2.75, 3.05) is 5.32 Å². The number of hydrogen-bond donors (Lipinski definition) is 2. The molecule has 0 saturated heterocycles. The average Bonchev–Trinajstić information content (AvgIpc) is 2.61. The molecule has 94 valence electrons. The highest BCUT2D eigenvalue weighted by Gasteiger charge is 2.34. The molecule has 0 aromatic heterocycles. The Morgan fingerprint density at radius 1 is 1.37 bits per heavy atom. The number of nitriles is 2. The maximum Gasteiger partial charge on any atom is 0.252 e. The highest BCUT2D eigenvalue weighted by molar-refractivity contribution is 6.00. The van der Waals surface area contributed by atoms with Crippen LogP contribution in [0.2, 0.25) is 0 Å². The molecule has 1 heterocycles. The Hall–Kier alpha value is -2.79. The van der Waals surface area contributed by atoms with E-state index in [2.05, 4.69) is 10.6 Å². The van der Waals surface area contributed by atoms with Crippen LogP contribution in [-0.4, -0.2) is 5.91 Å². The zero-order chi connectivity index (χ0) is 14.0. The summed E-state index contributed by atoms with van der Waals surface area (Å²) < 4.78 is 0. The lowest BCUT2D eigenvalue weighted by Gasteiger charge is -2.18. The van der Waals surface area contributed by atoms with Crippen molar-refractivity contribution in [1.82, 2.24) is 5.32 Å². The van der Waals surface area contributed by atoms with Gasteiger partial charge in [-0.15, -0.1) is 0 Å². The van der Waals surface area contributed by atoms with E-state index in [4.69, 9.17) is 10.5 Å². The lowest BCUT2D eigenvalue weighted by molar-refractivity contribution is 0.0940. The first-order chi connectivity index (χ1) is 8.97. The summed E-state index contributed by atoms with van der Waals surface area (Å²) in [6.07, 6.45) is 1.32. The molecule has 5 heteroatoms. The summed E-state index contributed by atoms with van der Waals surface area (Å²) in [5, 5.41) is 23.0. The number of fused-ring (bicyclic) bond motifs is 1. The number of nitrogens with one attached hydrogen (secondary N) is 2. The average molecular weight is 252 g/mol. The first-order valence-electron chi connectivity index (χ1n) is 5.72. The van der Waals surface area contributed by atoms with Gasteiger partial charge >= 0.3 is 0 Å². The van der Waals surface area contributed by atoms with Gasteiger partial charge in [-0.1, -0.05) is 6.07 Å². The van der Waals surface area contributed by atoms with Crippen molar-refractivity contribution in [3.63, 3.8) is 0 Å². The second kappa shape index (κ2) is 4.47. The van der Waals surface area contributed by atoms with E-state index in [-0.39, 0.29) is 17.0 Å². The molecule has 0 aliphatic carbocycles. The molecule has 0 saturated carbocycles. The second-order valence-electron chi connectivity index (χ2n) is 4.77. The fraction of sp³-hybridized carbons (Fsp3) is 0.214. The Kier molecular flexibility index (Phi) is 2.98. The number of anilines is 1. The van der Waals surface area contributed by atoms with Crippen LogP contribution < -0.4 is 10.6 Å². The van der Waals surface area contributed by atoms with Crippen LogP contribution in [0, 0.1) is 22.7 Å². The van der Waals surface area contributed by atoms with Crippen molar-refractivity contribution in [2.24, 2.45) is 0 Å². The van der Waals surface area contributed by atoms with Crippen LogP contribution in [0.15, 0.2) is 30.0 Å². The maximum atomic E-state index is 11.8. The van der Waals surface area contributed by atoms with E-state index in [1.165, 1.54) is 6.20 Å². The molecule has 1 amide bonds. The normalized spacial score (nSPS) is 14.6. The van der Waals surface area contributed by atoms with E-state index in [0.29, 0.717) is 11.3 Å². The fourth-order valence-corrected chi connectivity index (χ4v) is 2.03. The van der Waals surface area contributed by atoms with Crippen LogP contribution in [0.25, 0.3) is 0 Å². The summed E-state index contributed by atoms with van der Waals surface area (Å²) >= 11 is 0. The topological polar surface area (TPSA) is 88.7 Å². The number of benzene rings is 1. The summed E-state index contributed by atoms with van der Waals surface area (Å²) in [7, 11) is 0. The monoisotopic (exact) mass is 252 g/mol. The summed E-state index contributed by atoms with van der Waals surface area (Å²) in [5.41, 5.74) is 1.82. The molecule has 0 atom stereocenters. The van der Waals surface area contributed by atoms with Crippen LogP contribution >= 0.6 is 0 Å². The highest BCUT2D eigenvalue weighted by Crippen LogP contribution is 2.32. The van der Waals surface area contributed by atoms with Crippen LogP contribution in [0.4, 0.5) is 5.69 Å². The van der Waals surface area contributed by atoms with E-state index in [1.807, 2.05) is 26.0 Å². The van der Waals surface area contributed by atoms with Gasteiger partial charge in [-0.05, 0) is 31.5 Å². The minimum atomic E-state index is -0.370. The summed E-state index contributed by atoms with van der Waals surface area (Å²) in [5.74, 6) is -0.117. The van der Waals surface area contributed by atoms with Crippen LogP contribution in [-0.2, 0) is 5.54 Å². The number of carbonyl (C=O) groups excluding carboxylic acids is 1. The standard InChI is InChI=1S/C14H12N4O/c1-14(2)12-4-3-10(5-11(12)13(19)18-14)17-8-9(6-15)7-16/h3-5,8,17H,1-2H3,(H,18,19). The van der Waals surface area contributed by atoms with Crippen molar-refractivity contribution >= 4 is 11.6 Å². The molecule has 0 bridgehead atoms. The Labute approximate surface area is 111 Å². The molecule has 1 aromatic carbocycles. The van der Waals surface area contributed by atoms with Gasteiger partial charge in [0.15, 0.2) is 0 Å². The van der Waals surface area contributed by atoms with Gasteiger partial charge in [0.25, 0.3) is 5.91 Å². The first kappa shape index (κ1) is 12.7. The van der Waals surface area contributed by atoms with E-state index in [9.17, 15) is 4.79 Å². The van der Waals surface area contributed by atoms with Crippen molar-refractivity contribution in [1.29, 1.82) is 10.5 Å². The van der Waals surface area contributed by atoms with E-state index in [1.54, 1.807) is 18.2 Å². The molecule has 0 spiro atoms. The lowest BCUT2D eigenvalue weighted by Crippen LogP contribution is -2.32. The number of hydrogen-bond acceptors (Lipinski definition) is 4. The lowest BCUT2D eigenvalue weighted by atomic mass is 9.94. The molecule has 5 nitrogen and oxygen atoms in total. The Morgan fingerprint density at radius 3 is 2.68 bits per heavy atom. The predicted octanol–water partition coefficient (Wildman–Crippen LogP) is 2.01. The van der Waals surface area contributed by atoms with Crippen molar-refractivity contribution in [3.8, 4) is 12.1 Å². The minimum Gasteiger partial charge on any atom is -0.360 e. The quantitative estimate of drug-likeness (QED) is 0.788. The van der Waals surface area contributed by atoms with Gasteiger partial charge in [-0.3, -0.25) is 4.79 Å². The molecule has 2 rings (SSSR count).